The Morgan fingerprint density at radius 1 is 1.53 bits per heavy atom. The van der Waals surface area contributed by atoms with Gasteiger partial charge in [0.2, 0.25) is 0 Å². The van der Waals surface area contributed by atoms with Crippen molar-refractivity contribution in [1.29, 1.82) is 0 Å². The van der Waals surface area contributed by atoms with Crippen molar-refractivity contribution in [2.45, 2.75) is 32.7 Å². The molecule has 1 fully saturated rings. The summed E-state index contributed by atoms with van der Waals surface area (Å²) in [4.78, 5) is 12.6. The molecule has 0 amide bonds. The third-order valence-electron chi connectivity index (χ3n) is 2.76. The van der Waals surface area contributed by atoms with Crippen molar-refractivity contribution >= 4 is 27.8 Å². The second-order valence-corrected chi connectivity index (χ2v) is 5.67. The van der Waals surface area contributed by atoms with Crippen LogP contribution in [0.4, 0.5) is 10.7 Å². The zero-order valence-electron chi connectivity index (χ0n) is 10.4. The van der Waals surface area contributed by atoms with Gasteiger partial charge in [-0.15, -0.1) is 11.3 Å². The van der Waals surface area contributed by atoms with Crippen LogP contribution in [0.1, 0.15) is 36.4 Å². The van der Waals surface area contributed by atoms with Gasteiger partial charge in [0.15, 0.2) is 11.5 Å². The average Bonchev–Trinajstić information content (AvgIpc) is 3.03. The Kier molecular flexibility index (Phi) is 3.28. The Morgan fingerprint density at radius 3 is 2.65 bits per heavy atom. The minimum absolute atomic E-state index is 0.0468. The van der Waals surface area contributed by atoms with Crippen molar-refractivity contribution < 1.29 is 9.53 Å². The number of anilines is 2. The van der Waals surface area contributed by atoms with E-state index in [0.717, 1.165) is 5.00 Å². The average molecular weight is 254 g/mol. The van der Waals surface area contributed by atoms with Gasteiger partial charge in [0.25, 0.3) is 0 Å². The Labute approximate surface area is 105 Å². The molecule has 1 heterocycles. The van der Waals surface area contributed by atoms with Crippen LogP contribution in [0.25, 0.3) is 0 Å². The van der Waals surface area contributed by atoms with Gasteiger partial charge < -0.3 is 15.8 Å². The molecular formula is C12H18N2O2S. The van der Waals surface area contributed by atoms with E-state index in [-0.39, 0.29) is 11.7 Å². The van der Waals surface area contributed by atoms with Crippen LogP contribution in [0.3, 0.4) is 0 Å². The summed E-state index contributed by atoms with van der Waals surface area (Å²) in [5.74, 6) is 0.648. The van der Waals surface area contributed by atoms with Crippen LogP contribution < -0.4 is 15.8 Å². The summed E-state index contributed by atoms with van der Waals surface area (Å²) in [6.07, 6.45) is 2.35. The molecule has 0 unspecified atom stereocenters. The normalized spacial score (nSPS) is 15.1. The number of nitrogens with one attached hydrogen (secondary N) is 1. The fourth-order valence-electron chi connectivity index (χ4n) is 1.58. The summed E-state index contributed by atoms with van der Waals surface area (Å²) >= 11 is 1.40. The Hall–Kier alpha value is -1.23. The molecule has 1 saturated carbocycles. The quantitative estimate of drug-likeness (QED) is 0.793. The monoisotopic (exact) mass is 254 g/mol. The number of carbonyl (C=O) groups is 1. The van der Waals surface area contributed by atoms with Crippen LogP contribution in [0.15, 0.2) is 0 Å². The number of ether oxygens (including phenoxy) is 1. The molecule has 1 aromatic rings. The van der Waals surface area contributed by atoms with Crippen LogP contribution >= 0.6 is 11.3 Å². The number of nitrogen functional groups attached to an aromatic ring is 1. The SMILES string of the molecule is COc1c(NC2CC2)sc(C(=O)C(C)C)c1N. The van der Waals surface area contributed by atoms with Crippen molar-refractivity contribution in [2.24, 2.45) is 5.92 Å². The third kappa shape index (κ3) is 2.39. The van der Waals surface area contributed by atoms with E-state index in [4.69, 9.17) is 10.5 Å². The lowest BCUT2D eigenvalue weighted by atomic mass is 10.1. The summed E-state index contributed by atoms with van der Waals surface area (Å²) in [7, 11) is 1.58. The number of ketones is 1. The fraction of sp³-hybridized carbons (Fsp3) is 0.583. The highest BCUT2D eigenvalue weighted by molar-refractivity contribution is 7.19. The molecule has 3 N–H and O–H groups in total. The van der Waals surface area contributed by atoms with E-state index in [0.29, 0.717) is 22.4 Å². The fourth-order valence-corrected chi connectivity index (χ4v) is 2.84. The molecule has 2 rings (SSSR count). The van der Waals surface area contributed by atoms with Crippen LogP contribution in [0, 0.1) is 5.92 Å². The number of rotatable bonds is 5. The van der Waals surface area contributed by atoms with Crippen LogP contribution in [-0.2, 0) is 0 Å². The molecule has 1 aliphatic rings. The second kappa shape index (κ2) is 4.56. The number of thiophene rings is 1. The van der Waals surface area contributed by atoms with E-state index in [9.17, 15) is 4.79 Å². The lowest BCUT2D eigenvalue weighted by Gasteiger charge is -2.04. The number of hydrogen-bond donors (Lipinski definition) is 2. The van der Waals surface area contributed by atoms with Gasteiger partial charge in [-0.1, -0.05) is 13.8 Å². The first-order chi connectivity index (χ1) is 8.04. The largest absolute Gasteiger partial charge is 0.492 e. The molecule has 0 aliphatic heterocycles. The number of Topliss-reactive ketones (excluding diaryl/α,β-unsaturated/α-hetero) is 1. The topological polar surface area (TPSA) is 64.3 Å². The molecule has 0 aromatic carbocycles. The van der Waals surface area contributed by atoms with Gasteiger partial charge in [-0.2, -0.15) is 0 Å². The predicted molar refractivity (Wildman–Crippen MR) is 71.1 cm³/mol. The molecule has 0 radical (unpaired) electrons. The lowest BCUT2D eigenvalue weighted by molar-refractivity contribution is 0.0944. The Bertz CT molecular complexity index is 436. The smallest absolute Gasteiger partial charge is 0.177 e. The van der Waals surface area contributed by atoms with Gasteiger partial charge in [0, 0.05) is 12.0 Å². The first-order valence-electron chi connectivity index (χ1n) is 5.81. The molecule has 5 heteroatoms. The van der Waals surface area contributed by atoms with Gasteiger partial charge in [0.05, 0.1) is 17.7 Å². The van der Waals surface area contributed by atoms with E-state index in [1.54, 1.807) is 7.11 Å². The Morgan fingerprint density at radius 2 is 2.18 bits per heavy atom. The zero-order chi connectivity index (χ0) is 12.6. The minimum Gasteiger partial charge on any atom is -0.492 e. The summed E-state index contributed by atoms with van der Waals surface area (Å²) in [5, 5.41) is 4.24. The highest BCUT2D eigenvalue weighted by Gasteiger charge is 2.27. The van der Waals surface area contributed by atoms with Crippen LogP contribution in [-0.4, -0.2) is 18.9 Å². The first-order valence-corrected chi connectivity index (χ1v) is 6.63. The van der Waals surface area contributed by atoms with Crippen molar-refractivity contribution in [1.82, 2.24) is 0 Å². The molecule has 1 aliphatic carbocycles. The predicted octanol–water partition coefficient (Wildman–Crippen LogP) is 2.75. The minimum atomic E-state index is -0.0468. The summed E-state index contributed by atoms with van der Waals surface area (Å²) in [6, 6.07) is 0.518. The molecule has 17 heavy (non-hydrogen) atoms. The van der Waals surface area contributed by atoms with Gasteiger partial charge in [-0.3, -0.25) is 4.79 Å². The first kappa shape index (κ1) is 12.2. The van der Waals surface area contributed by atoms with Crippen LogP contribution in [0.5, 0.6) is 5.75 Å². The molecular weight excluding hydrogens is 236 g/mol. The summed E-state index contributed by atoms with van der Waals surface area (Å²) in [6.45, 7) is 3.75. The maximum atomic E-state index is 12.0. The van der Waals surface area contributed by atoms with Crippen molar-refractivity contribution in [3.8, 4) is 5.75 Å². The second-order valence-electron chi connectivity index (χ2n) is 4.64. The number of nitrogens with two attached hydrogens (primary N) is 1. The van der Waals surface area contributed by atoms with Gasteiger partial charge in [-0.05, 0) is 12.8 Å². The summed E-state index contributed by atoms with van der Waals surface area (Å²) < 4.78 is 5.29. The molecule has 1 aromatic heterocycles. The van der Waals surface area contributed by atoms with Gasteiger partial charge in [0.1, 0.15) is 5.00 Å². The van der Waals surface area contributed by atoms with Crippen molar-refractivity contribution in [3.63, 3.8) is 0 Å². The van der Waals surface area contributed by atoms with E-state index in [2.05, 4.69) is 5.32 Å². The zero-order valence-corrected chi connectivity index (χ0v) is 11.2. The number of hydrogen-bond acceptors (Lipinski definition) is 5. The standard InChI is InChI=1S/C12H18N2O2S/c1-6(2)9(15)11-8(13)10(16-3)12(17-11)14-7-4-5-7/h6-7,14H,4-5,13H2,1-3H3. The molecule has 0 spiro atoms. The highest BCUT2D eigenvalue weighted by Crippen LogP contribution is 2.45. The third-order valence-corrected chi connectivity index (χ3v) is 3.90. The molecule has 0 saturated heterocycles. The molecule has 4 nitrogen and oxygen atoms in total. The lowest BCUT2D eigenvalue weighted by Crippen LogP contribution is -2.07. The van der Waals surface area contributed by atoms with E-state index >= 15 is 0 Å². The maximum absolute atomic E-state index is 12.0. The highest BCUT2D eigenvalue weighted by atomic mass is 32.1. The summed E-state index contributed by atoms with van der Waals surface area (Å²) in [5.41, 5.74) is 6.45. The number of carbonyl (C=O) groups excluding carboxylic acids is 1. The molecule has 0 atom stereocenters. The van der Waals surface area contributed by atoms with Gasteiger partial charge in [-0.25, -0.2) is 0 Å². The number of methoxy groups -OCH3 is 1. The van der Waals surface area contributed by atoms with Crippen LogP contribution in [0.2, 0.25) is 0 Å². The Balaban J connectivity index is 2.32. The van der Waals surface area contributed by atoms with E-state index in [1.807, 2.05) is 13.8 Å². The van der Waals surface area contributed by atoms with E-state index < -0.39 is 0 Å². The van der Waals surface area contributed by atoms with Crippen molar-refractivity contribution in [2.75, 3.05) is 18.2 Å². The maximum Gasteiger partial charge on any atom is 0.177 e. The van der Waals surface area contributed by atoms with Gasteiger partial charge >= 0.3 is 0 Å². The molecule has 0 bridgehead atoms. The molecule has 94 valence electrons. The van der Waals surface area contributed by atoms with Crippen molar-refractivity contribution in [3.05, 3.63) is 4.88 Å². The van der Waals surface area contributed by atoms with E-state index in [1.165, 1.54) is 24.2 Å².